The van der Waals surface area contributed by atoms with Crippen LogP contribution in [0.3, 0.4) is 0 Å². The van der Waals surface area contributed by atoms with Crippen molar-refractivity contribution in [2.24, 2.45) is 0 Å². The van der Waals surface area contributed by atoms with Crippen LogP contribution in [-0.4, -0.2) is 26.7 Å². The molecule has 0 radical (unpaired) electrons. The predicted octanol–water partition coefficient (Wildman–Crippen LogP) is 2.10. The first kappa shape index (κ1) is 14.8. The molecular weight excluding hydrogens is 235 g/mol. The van der Waals surface area contributed by atoms with Crippen LogP contribution in [0.1, 0.15) is 0 Å². The molecule has 0 saturated heterocycles. The van der Waals surface area contributed by atoms with Crippen LogP contribution in [-0.2, 0) is 4.79 Å². The van der Waals surface area contributed by atoms with Crippen molar-refractivity contribution in [3.8, 4) is 11.5 Å². The summed E-state index contributed by atoms with van der Waals surface area (Å²) in [4.78, 5) is 10.4. The van der Waals surface area contributed by atoms with Crippen LogP contribution in [0.25, 0.3) is 0 Å². The molecule has 0 atom stereocenters. The van der Waals surface area contributed by atoms with E-state index in [1.807, 2.05) is 0 Å². The number of halogens is 3. The van der Waals surface area contributed by atoms with Gasteiger partial charge in [-0.3, -0.25) is 4.79 Å². The molecule has 1 amide bonds. The third kappa shape index (κ3) is 8.12. The summed E-state index contributed by atoms with van der Waals surface area (Å²) in [5.41, 5.74) is 3.01. The van der Waals surface area contributed by atoms with Gasteiger partial charge in [-0.05, 0) is 6.08 Å². The summed E-state index contributed by atoms with van der Waals surface area (Å²) in [6.45, 7) is 6.00. The van der Waals surface area contributed by atoms with Crippen LogP contribution in [0.2, 0.25) is 19.6 Å². The molecule has 0 rings (SSSR count). The van der Waals surface area contributed by atoms with Gasteiger partial charge in [0, 0.05) is 6.54 Å². The number of nitrogens with one attached hydrogen (secondary N) is 1. The first-order valence-corrected chi connectivity index (χ1v) is 8.15. The van der Waals surface area contributed by atoms with Crippen LogP contribution in [0.4, 0.5) is 13.2 Å². The first-order valence-electron chi connectivity index (χ1n) is 4.65. The minimum atomic E-state index is -4.82. The number of amides is 1. The second kappa shape index (κ2) is 5.75. The Bertz CT molecular complexity index is 331. The Balaban J connectivity index is 3.96. The van der Waals surface area contributed by atoms with Crippen LogP contribution >= 0.6 is 0 Å². The fourth-order valence-corrected chi connectivity index (χ4v) is 1.14. The quantitative estimate of drug-likeness (QED) is 0.589. The lowest BCUT2D eigenvalue weighted by Crippen LogP contribution is -2.36. The van der Waals surface area contributed by atoms with Gasteiger partial charge in [0.05, 0.1) is 0 Å². The van der Waals surface area contributed by atoms with E-state index < -0.39 is 20.2 Å². The van der Waals surface area contributed by atoms with Gasteiger partial charge in [0.2, 0.25) is 0 Å². The Labute approximate surface area is 93.9 Å². The molecule has 0 spiro atoms. The highest BCUT2D eigenvalue weighted by Gasteiger charge is 2.37. The molecule has 0 aliphatic carbocycles. The molecule has 16 heavy (non-hydrogen) atoms. The zero-order valence-electron chi connectivity index (χ0n) is 9.40. The van der Waals surface area contributed by atoms with Crippen LogP contribution in [0.15, 0.2) is 12.2 Å². The fourth-order valence-electron chi connectivity index (χ4n) is 0.628. The lowest BCUT2D eigenvalue weighted by atomic mass is 10.5. The summed E-state index contributed by atoms with van der Waals surface area (Å²) in [6.07, 6.45) is -1.98. The molecule has 0 unspecified atom stereocenters. The summed E-state index contributed by atoms with van der Waals surface area (Å²) in [5.74, 6) is 0.802. The number of hydrogen-bond acceptors (Lipinski definition) is 1. The van der Waals surface area contributed by atoms with Crippen molar-refractivity contribution in [2.45, 2.75) is 25.8 Å². The van der Waals surface area contributed by atoms with Crippen molar-refractivity contribution in [1.82, 2.24) is 5.32 Å². The number of alkyl halides is 3. The molecule has 6 heteroatoms. The molecule has 0 aliphatic heterocycles. The molecule has 0 fully saturated rings. The van der Waals surface area contributed by atoms with E-state index in [2.05, 4.69) is 31.1 Å². The SMILES string of the molecule is C[Si](C)(C)C#CC=CCNC(=O)C(F)(F)F. The number of hydrogen-bond donors (Lipinski definition) is 1. The molecule has 0 aromatic carbocycles. The van der Waals surface area contributed by atoms with E-state index in [4.69, 9.17) is 0 Å². The van der Waals surface area contributed by atoms with Gasteiger partial charge >= 0.3 is 12.1 Å². The molecule has 1 N–H and O–H groups in total. The van der Waals surface area contributed by atoms with Crippen molar-refractivity contribution in [3.63, 3.8) is 0 Å². The monoisotopic (exact) mass is 249 g/mol. The Morgan fingerprint density at radius 2 is 1.94 bits per heavy atom. The summed E-state index contributed by atoms with van der Waals surface area (Å²) in [5, 5.41) is 1.71. The molecule has 90 valence electrons. The Hall–Kier alpha value is -1.22. The Morgan fingerprint density at radius 1 is 1.38 bits per heavy atom. The average molecular weight is 249 g/mol. The minimum Gasteiger partial charge on any atom is -0.345 e. The highest BCUT2D eigenvalue weighted by atomic mass is 28.3. The van der Waals surface area contributed by atoms with Gasteiger partial charge in [0.15, 0.2) is 0 Å². The Kier molecular flexibility index (Phi) is 5.31. The van der Waals surface area contributed by atoms with Gasteiger partial charge in [-0.25, -0.2) is 0 Å². The summed E-state index contributed by atoms with van der Waals surface area (Å²) < 4.78 is 35.2. The normalized spacial score (nSPS) is 12.1. The second-order valence-corrected chi connectivity index (χ2v) is 8.88. The Morgan fingerprint density at radius 3 is 2.38 bits per heavy atom. The lowest BCUT2D eigenvalue weighted by molar-refractivity contribution is -0.173. The van der Waals surface area contributed by atoms with Gasteiger partial charge in [0.25, 0.3) is 0 Å². The second-order valence-electron chi connectivity index (χ2n) is 4.13. The maximum Gasteiger partial charge on any atom is 0.471 e. The number of carbonyl (C=O) groups excluding carboxylic acids is 1. The summed E-state index contributed by atoms with van der Waals surface area (Å²) >= 11 is 0. The van der Waals surface area contributed by atoms with Crippen LogP contribution < -0.4 is 5.32 Å². The topological polar surface area (TPSA) is 29.1 Å². The summed E-state index contributed by atoms with van der Waals surface area (Å²) in [6, 6.07) is 0. The number of rotatable bonds is 2. The third-order valence-electron chi connectivity index (χ3n) is 1.29. The maximum atomic E-state index is 11.7. The van der Waals surface area contributed by atoms with E-state index in [0.717, 1.165) is 0 Å². The first-order chi connectivity index (χ1) is 7.13. The zero-order chi connectivity index (χ0) is 12.8. The molecule has 0 bridgehead atoms. The van der Waals surface area contributed by atoms with E-state index in [-0.39, 0.29) is 6.54 Å². The van der Waals surface area contributed by atoms with Crippen LogP contribution in [0, 0.1) is 11.5 Å². The highest BCUT2D eigenvalue weighted by molar-refractivity contribution is 6.83. The summed E-state index contributed by atoms with van der Waals surface area (Å²) in [7, 11) is -1.45. The fraction of sp³-hybridized carbons (Fsp3) is 0.500. The predicted molar refractivity (Wildman–Crippen MR) is 59.3 cm³/mol. The standard InChI is InChI=1S/C10H14F3NOSi/c1-16(2,3)8-6-4-5-7-14-9(15)10(11,12)13/h4-5H,7H2,1-3H3,(H,14,15). The number of allylic oxidation sites excluding steroid dienone is 1. The largest absolute Gasteiger partial charge is 0.471 e. The van der Waals surface area contributed by atoms with E-state index in [1.165, 1.54) is 12.2 Å². The van der Waals surface area contributed by atoms with E-state index in [1.54, 1.807) is 5.32 Å². The molecule has 0 aromatic heterocycles. The van der Waals surface area contributed by atoms with Gasteiger partial charge in [0.1, 0.15) is 8.07 Å². The lowest BCUT2D eigenvalue weighted by Gasteiger charge is -2.04. The zero-order valence-corrected chi connectivity index (χ0v) is 10.4. The molecule has 2 nitrogen and oxygen atoms in total. The van der Waals surface area contributed by atoms with Crippen molar-refractivity contribution in [3.05, 3.63) is 12.2 Å². The minimum absolute atomic E-state index is 0.168. The van der Waals surface area contributed by atoms with E-state index >= 15 is 0 Å². The van der Waals surface area contributed by atoms with Crippen molar-refractivity contribution in [1.29, 1.82) is 0 Å². The van der Waals surface area contributed by atoms with Gasteiger partial charge in [-0.1, -0.05) is 31.6 Å². The van der Waals surface area contributed by atoms with E-state index in [0.29, 0.717) is 0 Å². The molecule has 0 aliphatic rings. The van der Waals surface area contributed by atoms with Crippen molar-refractivity contribution >= 4 is 14.0 Å². The molecule has 0 saturated carbocycles. The molecule has 0 aromatic rings. The van der Waals surface area contributed by atoms with E-state index in [9.17, 15) is 18.0 Å². The van der Waals surface area contributed by atoms with Gasteiger partial charge in [-0.2, -0.15) is 13.2 Å². The smallest absolute Gasteiger partial charge is 0.345 e. The number of carbonyl (C=O) groups is 1. The van der Waals surface area contributed by atoms with Gasteiger partial charge in [-0.15, -0.1) is 5.54 Å². The molecule has 0 heterocycles. The third-order valence-corrected chi connectivity index (χ3v) is 2.18. The highest BCUT2D eigenvalue weighted by Crippen LogP contribution is 2.13. The van der Waals surface area contributed by atoms with Crippen LogP contribution in [0.5, 0.6) is 0 Å². The maximum absolute atomic E-state index is 11.7. The van der Waals surface area contributed by atoms with Gasteiger partial charge < -0.3 is 5.32 Å². The van der Waals surface area contributed by atoms with Crippen molar-refractivity contribution < 1.29 is 18.0 Å². The average Bonchev–Trinajstić information content (AvgIpc) is 2.07. The van der Waals surface area contributed by atoms with Crippen molar-refractivity contribution in [2.75, 3.05) is 6.54 Å². The molecular formula is C10H14F3NOSi.